The molecule has 0 radical (unpaired) electrons. The van der Waals surface area contributed by atoms with Gasteiger partial charge in [0.25, 0.3) is 0 Å². The van der Waals surface area contributed by atoms with E-state index < -0.39 is 0 Å². The standard InChI is InChI=1S/C10H8Br2OS/c11-4-6-1-2-9(12)8-3-7(5-13)14-10(6)8/h1-3,13H,4-5H2. The van der Waals surface area contributed by atoms with Gasteiger partial charge in [-0.1, -0.05) is 37.9 Å². The van der Waals surface area contributed by atoms with Gasteiger partial charge in [-0.25, -0.2) is 0 Å². The first kappa shape index (κ1) is 10.6. The van der Waals surface area contributed by atoms with Crippen molar-refractivity contribution in [1.29, 1.82) is 0 Å². The van der Waals surface area contributed by atoms with Crippen LogP contribution in [0.3, 0.4) is 0 Å². The first-order valence-corrected chi connectivity index (χ1v) is 6.86. The lowest BCUT2D eigenvalue weighted by molar-refractivity contribution is 0.285. The van der Waals surface area contributed by atoms with Crippen LogP contribution >= 0.6 is 43.2 Å². The van der Waals surface area contributed by atoms with Crippen LogP contribution in [-0.2, 0) is 11.9 Å². The van der Waals surface area contributed by atoms with Crippen LogP contribution in [0.25, 0.3) is 10.1 Å². The van der Waals surface area contributed by atoms with Crippen molar-refractivity contribution in [3.63, 3.8) is 0 Å². The maximum atomic E-state index is 9.08. The van der Waals surface area contributed by atoms with Crippen LogP contribution < -0.4 is 0 Å². The van der Waals surface area contributed by atoms with E-state index in [2.05, 4.69) is 37.9 Å². The molecule has 1 aromatic carbocycles. The third-order valence-corrected chi connectivity index (χ3v) is 4.55. The van der Waals surface area contributed by atoms with Gasteiger partial charge in [0.05, 0.1) is 6.61 Å². The largest absolute Gasteiger partial charge is 0.391 e. The Morgan fingerprint density at radius 2 is 2.14 bits per heavy atom. The van der Waals surface area contributed by atoms with Crippen molar-refractivity contribution in [3.8, 4) is 0 Å². The zero-order valence-electron chi connectivity index (χ0n) is 7.26. The zero-order valence-corrected chi connectivity index (χ0v) is 11.2. The summed E-state index contributed by atoms with van der Waals surface area (Å²) in [5, 5.41) is 11.1. The normalized spacial score (nSPS) is 11.1. The van der Waals surface area contributed by atoms with Crippen molar-refractivity contribution in [2.24, 2.45) is 0 Å². The summed E-state index contributed by atoms with van der Waals surface area (Å²) in [6.45, 7) is 0.119. The van der Waals surface area contributed by atoms with Crippen molar-refractivity contribution < 1.29 is 5.11 Å². The van der Waals surface area contributed by atoms with Crippen molar-refractivity contribution >= 4 is 53.3 Å². The lowest BCUT2D eigenvalue weighted by atomic mass is 10.2. The molecule has 2 rings (SSSR count). The lowest BCUT2D eigenvalue weighted by Crippen LogP contribution is -1.77. The number of aliphatic hydroxyl groups excluding tert-OH is 1. The van der Waals surface area contributed by atoms with Gasteiger partial charge in [0.2, 0.25) is 0 Å². The Hall–Kier alpha value is 0.1000. The summed E-state index contributed by atoms with van der Waals surface area (Å²) in [7, 11) is 0. The van der Waals surface area contributed by atoms with E-state index in [-0.39, 0.29) is 6.61 Å². The third kappa shape index (κ3) is 1.76. The van der Waals surface area contributed by atoms with Crippen molar-refractivity contribution in [2.45, 2.75) is 11.9 Å². The Bertz CT molecular complexity index is 464. The van der Waals surface area contributed by atoms with Crippen LogP contribution in [0.2, 0.25) is 0 Å². The summed E-state index contributed by atoms with van der Waals surface area (Å²) in [4.78, 5) is 1.01. The minimum atomic E-state index is 0.119. The van der Waals surface area contributed by atoms with Gasteiger partial charge in [-0.05, 0) is 17.7 Å². The minimum Gasteiger partial charge on any atom is -0.391 e. The third-order valence-electron chi connectivity index (χ3n) is 2.06. The molecule has 4 heteroatoms. The van der Waals surface area contributed by atoms with Crippen LogP contribution in [0.1, 0.15) is 10.4 Å². The maximum absolute atomic E-state index is 9.08. The Labute approximate surface area is 103 Å². The monoisotopic (exact) mass is 334 g/mol. The van der Waals surface area contributed by atoms with Gasteiger partial charge in [0, 0.05) is 24.8 Å². The number of benzene rings is 1. The molecule has 0 bridgehead atoms. The molecule has 0 aliphatic heterocycles. The van der Waals surface area contributed by atoms with Crippen molar-refractivity contribution in [3.05, 3.63) is 33.1 Å². The summed E-state index contributed by atoms with van der Waals surface area (Å²) in [6, 6.07) is 6.18. The van der Waals surface area contributed by atoms with Crippen LogP contribution in [0.15, 0.2) is 22.7 Å². The average molecular weight is 336 g/mol. The molecule has 0 saturated heterocycles. The number of thiophene rings is 1. The van der Waals surface area contributed by atoms with Crippen LogP contribution in [0.4, 0.5) is 0 Å². The molecule has 0 aliphatic carbocycles. The van der Waals surface area contributed by atoms with E-state index in [1.165, 1.54) is 15.6 Å². The van der Waals surface area contributed by atoms with Gasteiger partial charge >= 0.3 is 0 Å². The molecular formula is C10H8Br2OS. The number of hydrogen-bond acceptors (Lipinski definition) is 2. The van der Waals surface area contributed by atoms with E-state index in [0.29, 0.717) is 0 Å². The van der Waals surface area contributed by atoms with Gasteiger partial charge in [-0.2, -0.15) is 0 Å². The SMILES string of the molecule is OCc1cc2c(Br)ccc(CBr)c2s1. The molecule has 74 valence electrons. The maximum Gasteiger partial charge on any atom is 0.0774 e. The van der Waals surface area contributed by atoms with Gasteiger partial charge in [0.1, 0.15) is 0 Å². The Kier molecular flexibility index (Phi) is 3.27. The molecule has 0 spiro atoms. The number of hydrogen-bond donors (Lipinski definition) is 1. The van der Waals surface area contributed by atoms with E-state index in [0.717, 1.165) is 14.7 Å². The smallest absolute Gasteiger partial charge is 0.0774 e. The second kappa shape index (κ2) is 4.31. The second-order valence-corrected chi connectivity index (χ2v) is 5.51. The van der Waals surface area contributed by atoms with E-state index in [9.17, 15) is 0 Å². The molecule has 0 amide bonds. The molecule has 0 unspecified atom stereocenters. The Morgan fingerprint density at radius 3 is 2.79 bits per heavy atom. The molecule has 1 N–H and O–H groups in total. The summed E-state index contributed by atoms with van der Waals surface area (Å²) in [5.74, 6) is 0. The molecule has 1 heterocycles. The molecule has 0 fully saturated rings. The quantitative estimate of drug-likeness (QED) is 0.821. The first-order valence-electron chi connectivity index (χ1n) is 4.13. The number of fused-ring (bicyclic) bond motifs is 1. The predicted octanol–water partition coefficient (Wildman–Crippen LogP) is 4.05. The van der Waals surface area contributed by atoms with Crippen LogP contribution in [0, 0.1) is 0 Å². The summed E-state index contributed by atoms with van der Waals surface area (Å²) in [6.07, 6.45) is 0. The van der Waals surface area contributed by atoms with Gasteiger partial charge in [0.15, 0.2) is 0 Å². The lowest BCUT2D eigenvalue weighted by Gasteiger charge is -1.99. The van der Waals surface area contributed by atoms with E-state index in [1.807, 2.05) is 12.1 Å². The number of rotatable bonds is 2. The molecular weight excluding hydrogens is 328 g/mol. The van der Waals surface area contributed by atoms with E-state index in [1.54, 1.807) is 11.3 Å². The van der Waals surface area contributed by atoms with Crippen LogP contribution in [-0.4, -0.2) is 5.11 Å². The minimum absolute atomic E-state index is 0.119. The van der Waals surface area contributed by atoms with Crippen LogP contribution in [0.5, 0.6) is 0 Å². The fraction of sp³-hybridized carbons (Fsp3) is 0.200. The van der Waals surface area contributed by atoms with Crippen molar-refractivity contribution in [1.82, 2.24) is 0 Å². The average Bonchev–Trinajstić information content (AvgIpc) is 2.63. The summed E-state index contributed by atoms with van der Waals surface area (Å²) >= 11 is 8.63. The highest BCUT2D eigenvalue weighted by Crippen LogP contribution is 2.34. The fourth-order valence-corrected chi connectivity index (χ4v) is 3.66. The highest BCUT2D eigenvalue weighted by Gasteiger charge is 2.08. The molecule has 2 aromatic rings. The van der Waals surface area contributed by atoms with E-state index in [4.69, 9.17) is 5.11 Å². The highest BCUT2D eigenvalue weighted by atomic mass is 79.9. The number of halogens is 2. The molecule has 1 nitrogen and oxygen atoms in total. The topological polar surface area (TPSA) is 20.2 Å². The molecule has 0 aliphatic rings. The van der Waals surface area contributed by atoms with E-state index >= 15 is 0 Å². The zero-order chi connectivity index (χ0) is 10.1. The summed E-state index contributed by atoms with van der Waals surface area (Å²) < 4.78 is 2.34. The van der Waals surface area contributed by atoms with Gasteiger partial charge in [-0.15, -0.1) is 11.3 Å². The highest BCUT2D eigenvalue weighted by molar-refractivity contribution is 9.10. The molecule has 14 heavy (non-hydrogen) atoms. The summed E-state index contributed by atoms with van der Waals surface area (Å²) in [5.41, 5.74) is 1.27. The fourth-order valence-electron chi connectivity index (χ4n) is 1.38. The second-order valence-electron chi connectivity index (χ2n) is 2.95. The molecule has 1 aromatic heterocycles. The van der Waals surface area contributed by atoms with Gasteiger partial charge in [-0.3, -0.25) is 0 Å². The molecule has 0 saturated carbocycles. The predicted molar refractivity (Wildman–Crippen MR) is 68.1 cm³/mol. The van der Waals surface area contributed by atoms with Crippen molar-refractivity contribution in [2.75, 3.05) is 0 Å². The first-order chi connectivity index (χ1) is 6.76. The number of alkyl halides is 1. The Morgan fingerprint density at radius 1 is 1.36 bits per heavy atom. The number of aliphatic hydroxyl groups is 1. The molecule has 0 atom stereocenters. The van der Waals surface area contributed by atoms with Gasteiger partial charge < -0.3 is 5.11 Å². The Balaban J connectivity index is 2.74.